The molecule has 1 fully saturated rings. The summed E-state index contributed by atoms with van der Waals surface area (Å²) in [6, 6.07) is 15.1. The number of amides is 2. The number of pyridine rings is 1. The average Bonchev–Trinajstić information content (AvgIpc) is 3.46. The van der Waals surface area contributed by atoms with Crippen LogP contribution in [0.4, 0.5) is 5.69 Å². The van der Waals surface area contributed by atoms with Crippen LogP contribution < -0.4 is 10.6 Å². The van der Waals surface area contributed by atoms with E-state index in [2.05, 4.69) is 15.6 Å². The molecular formula is C22H21N3O2. The second-order valence-electron chi connectivity index (χ2n) is 7.10. The number of fused-ring (bicyclic) bond motifs is 1. The van der Waals surface area contributed by atoms with E-state index in [0.717, 1.165) is 29.3 Å². The van der Waals surface area contributed by atoms with E-state index >= 15 is 0 Å². The van der Waals surface area contributed by atoms with Crippen molar-refractivity contribution >= 4 is 28.4 Å². The normalized spacial score (nSPS) is 13.4. The van der Waals surface area contributed by atoms with Crippen molar-refractivity contribution in [1.82, 2.24) is 10.3 Å². The van der Waals surface area contributed by atoms with E-state index in [0.29, 0.717) is 28.6 Å². The van der Waals surface area contributed by atoms with E-state index in [-0.39, 0.29) is 11.8 Å². The Morgan fingerprint density at radius 2 is 1.70 bits per heavy atom. The maximum absolute atomic E-state index is 12.7. The molecule has 2 aromatic carbocycles. The fourth-order valence-electron chi connectivity index (χ4n) is 3.02. The Hall–Kier alpha value is -3.21. The number of hydrogen-bond acceptors (Lipinski definition) is 3. The lowest BCUT2D eigenvalue weighted by atomic mass is 10.1. The maximum Gasteiger partial charge on any atom is 0.257 e. The van der Waals surface area contributed by atoms with Gasteiger partial charge in [-0.2, -0.15) is 0 Å². The molecule has 1 saturated carbocycles. The number of hydrogen-bond donors (Lipinski definition) is 2. The topological polar surface area (TPSA) is 71.1 Å². The summed E-state index contributed by atoms with van der Waals surface area (Å²) >= 11 is 0. The average molecular weight is 359 g/mol. The molecule has 0 saturated heterocycles. The van der Waals surface area contributed by atoms with E-state index in [1.54, 1.807) is 24.3 Å². The zero-order chi connectivity index (χ0) is 19.0. The van der Waals surface area contributed by atoms with Crippen molar-refractivity contribution < 1.29 is 9.59 Å². The van der Waals surface area contributed by atoms with Gasteiger partial charge in [0.25, 0.3) is 11.8 Å². The molecule has 1 aromatic heterocycles. The second-order valence-corrected chi connectivity index (χ2v) is 7.10. The Morgan fingerprint density at radius 3 is 2.41 bits per heavy atom. The van der Waals surface area contributed by atoms with Crippen molar-refractivity contribution in [2.45, 2.75) is 32.7 Å². The zero-order valence-corrected chi connectivity index (χ0v) is 15.4. The molecule has 5 heteroatoms. The Morgan fingerprint density at radius 1 is 0.963 bits per heavy atom. The number of nitrogens with zero attached hydrogens (tertiary/aromatic N) is 1. The molecule has 27 heavy (non-hydrogen) atoms. The first kappa shape index (κ1) is 17.2. The van der Waals surface area contributed by atoms with Crippen LogP contribution in [-0.4, -0.2) is 22.8 Å². The lowest BCUT2D eigenvalue weighted by Gasteiger charge is -2.10. The number of carbonyl (C=O) groups is 2. The van der Waals surface area contributed by atoms with Crippen LogP contribution in [0.3, 0.4) is 0 Å². The molecule has 0 radical (unpaired) electrons. The van der Waals surface area contributed by atoms with Crippen LogP contribution in [0.25, 0.3) is 10.9 Å². The lowest BCUT2D eigenvalue weighted by Crippen LogP contribution is -2.25. The minimum Gasteiger partial charge on any atom is -0.349 e. The summed E-state index contributed by atoms with van der Waals surface area (Å²) in [5, 5.41) is 6.78. The van der Waals surface area contributed by atoms with Gasteiger partial charge in [0.1, 0.15) is 0 Å². The molecule has 3 aromatic rings. The summed E-state index contributed by atoms with van der Waals surface area (Å²) in [6.07, 6.45) is 2.11. The van der Waals surface area contributed by atoms with Gasteiger partial charge in [0.05, 0.1) is 16.8 Å². The first-order chi connectivity index (χ1) is 13.0. The fraction of sp³-hybridized carbons (Fsp3) is 0.227. The fourth-order valence-corrected chi connectivity index (χ4v) is 3.02. The van der Waals surface area contributed by atoms with Gasteiger partial charge in [-0.3, -0.25) is 14.6 Å². The molecule has 1 aliphatic carbocycles. The number of anilines is 1. The summed E-state index contributed by atoms with van der Waals surface area (Å²) < 4.78 is 0. The minimum absolute atomic E-state index is 0.0691. The largest absolute Gasteiger partial charge is 0.349 e. The summed E-state index contributed by atoms with van der Waals surface area (Å²) in [5.41, 5.74) is 4.47. The lowest BCUT2D eigenvalue weighted by molar-refractivity contribution is 0.0950. The molecule has 136 valence electrons. The molecule has 0 bridgehead atoms. The van der Waals surface area contributed by atoms with Crippen molar-refractivity contribution in [2.24, 2.45) is 0 Å². The van der Waals surface area contributed by atoms with Gasteiger partial charge in [0, 0.05) is 22.7 Å². The molecular weight excluding hydrogens is 338 g/mol. The van der Waals surface area contributed by atoms with Gasteiger partial charge in [0.15, 0.2) is 0 Å². The number of benzene rings is 2. The third kappa shape index (κ3) is 3.82. The van der Waals surface area contributed by atoms with Gasteiger partial charge in [-0.15, -0.1) is 0 Å². The molecule has 4 rings (SSSR count). The van der Waals surface area contributed by atoms with E-state index in [4.69, 9.17) is 0 Å². The minimum atomic E-state index is -0.210. The number of nitrogens with one attached hydrogen (secondary N) is 2. The highest BCUT2D eigenvalue weighted by atomic mass is 16.2. The third-order valence-electron chi connectivity index (χ3n) is 4.72. The number of rotatable bonds is 4. The highest BCUT2D eigenvalue weighted by molar-refractivity contribution is 6.07. The van der Waals surface area contributed by atoms with Gasteiger partial charge >= 0.3 is 0 Å². The van der Waals surface area contributed by atoms with Crippen LogP contribution in [0.15, 0.2) is 48.5 Å². The van der Waals surface area contributed by atoms with Crippen LogP contribution in [0.2, 0.25) is 0 Å². The molecule has 2 amide bonds. The quantitative estimate of drug-likeness (QED) is 0.740. The van der Waals surface area contributed by atoms with Gasteiger partial charge in [-0.1, -0.05) is 11.6 Å². The van der Waals surface area contributed by atoms with E-state index in [9.17, 15) is 9.59 Å². The van der Waals surface area contributed by atoms with Crippen LogP contribution in [0.1, 0.15) is 44.8 Å². The van der Waals surface area contributed by atoms with Crippen LogP contribution in [0, 0.1) is 13.8 Å². The Bertz CT molecular complexity index is 1040. The predicted molar refractivity (Wildman–Crippen MR) is 106 cm³/mol. The second kappa shape index (κ2) is 6.83. The van der Waals surface area contributed by atoms with E-state index in [1.165, 1.54) is 0 Å². The summed E-state index contributed by atoms with van der Waals surface area (Å²) in [6.45, 7) is 3.85. The summed E-state index contributed by atoms with van der Waals surface area (Å²) in [4.78, 5) is 29.3. The first-order valence-corrected chi connectivity index (χ1v) is 9.10. The standard InChI is InChI=1S/C22H21N3O2/c1-13-3-10-20-16(11-13)12-19(14(2)23-20)22(27)25-17-6-4-15(5-7-17)21(26)24-18-8-9-18/h3-7,10-12,18H,8-9H2,1-2H3,(H,24,26)(H,25,27). The van der Waals surface area contributed by atoms with Crippen LogP contribution in [0.5, 0.6) is 0 Å². The van der Waals surface area contributed by atoms with Gasteiger partial charge < -0.3 is 10.6 Å². The van der Waals surface area contributed by atoms with Crippen LogP contribution >= 0.6 is 0 Å². The van der Waals surface area contributed by atoms with Gasteiger partial charge in [0.2, 0.25) is 0 Å². The molecule has 0 spiro atoms. The Labute approximate surface area is 157 Å². The highest BCUT2D eigenvalue weighted by Crippen LogP contribution is 2.21. The van der Waals surface area contributed by atoms with Crippen LogP contribution in [-0.2, 0) is 0 Å². The molecule has 1 aliphatic rings. The zero-order valence-electron chi connectivity index (χ0n) is 15.4. The molecule has 0 unspecified atom stereocenters. The van der Waals surface area contributed by atoms with E-state index < -0.39 is 0 Å². The third-order valence-corrected chi connectivity index (χ3v) is 4.72. The SMILES string of the molecule is Cc1ccc2nc(C)c(C(=O)Nc3ccc(C(=O)NC4CC4)cc3)cc2c1. The van der Waals surface area contributed by atoms with Gasteiger partial charge in [-0.25, -0.2) is 0 Å². The molecule has 2 N–H and O–H groups in total. The number of carbonyl (C=O) groups excluding carboxylic acids is 2. The Kier molecular flexibility index (Phi) is 4.36. The monoisotopic (exact) mass is 359 g/mol. The summed E-state index contributed by atoms with van der Waals surface area (Å²) in [5.74, 6) is -0.279. The van der Waals surface area contributed by atoms with E-state index in [1.807, 2.05) is 38.1 Å². The van der Waals surface area contributed by atoms with Crippen molar-refractivity contribution in [3.63, 3.8) is 0 Å². The van der Waals surface area contributed by atoms with Gasteiger partial charge in [-0.05, 0) is 69.2 Å². The van der Waals surface area contributed by atoms with Crippen molar-refractivity contribution in [1.29, 1.82) is 0 Å². The maximum atomic E-state index is 12.7. The van der Waals surface area contributed by atoms with Crippen molar-refractivity contribution in [3.8, 4) is 0 Å². The predicted octanol–water partition coefficient (Wildman–Crippen LogP) is 4.00. The molecule has 0 atom stereocenters. The smallest absolute Gasteiger partial charge is 0.257 e. The molecule has 1 heterocycles. The van der Waals surface area contributed by atoms with Crippen molar-refractivity contribution in [3.05, 3.63) is 70.9 Å². The highest BCUT2D eigenvalue weighted by Gasteiger charge is 2.23. The first-order valence-electron chi connectivity index (χ1n) is 9.10. The number of aromatic nitrogens is 1. The molecule has 5 nitrogen and oxygen atoms in total. The van der Waals surface area contributed by atoms with Crippen molar-refractivity contribution in [2.75, 3.05) is 5.32 Å². The molecule has 0 aliphatic heterocycles. The Balaban J connectivity index is 1.52. The summed E-state index contributed by atoms with van der Waals surface area (Å²) in [7, 11) is 0. The number of aryl methyl sites for hydroxylation is 2.